The van der Waals surface area contributed by atoms with E-state index in [9.17, 15) is 14.7 Å². The molecule has 0 radical (unpaired) electrons. The van der Waals surface area contributed by atoms with E-state index in [1.165, 1.54) is 10.8 Å². The Balaban J connectivity index is 2.25. The normalized spacial score (nSPS) is 24.4. The molecule has 7 nitrogen and oxygen atoms in total. The van der Waals surface area contributed by atoms with Gasteiger partial charge in [0.15, 0.2) is 10.5 Å². The van der Waals surface area contributed by atoms with E-state index < -0.39 is 28.7 Å². The first-order valence-corrected chi connectivity index (χ1v) is 12.2. The molecule has 4 rings (SSSR count). The van der Waals surface area contributed by atoms with Gasteiger partial charge in [-0.25, -0.2) is 9.36 Å². The van der Waals surface area contributed by atoms with Crippen LogP contribution in [0.1, 0.15) is 37.5 Å². The van der Waals surface area contributed by atoms with Crippen LogP contribution in [0.25, 0.3) is 0 Å². The van der Waals surface area contributed by atoms with Crippen molar-refractivity contribution in [1.29, 1.82) is 0 Å². The summed E-state index contributed by atoms with van der Waals surface area (Å²) in [7, 11) is 0.221. The fraction of sp³-hybridized carbons (Fsp3) is 0.385. The Morgan fingerprint density at radius 2 is 1.59 bits per heavy atom. The zero-order chi connectivity index (χ0) is 24.7. The fourth-order valence-electron chi connectivity index (χ4n) is 5.82. The van der Waals surface area contributed by atoms with Crippen LogP contribution < -0.4 is 11.2 Å². The number of ether oxygens (including phenoxy) is 1. The second-order valence-corrected chi connectivity index (χ2v) is 10.4. The fourth-order valence-corrected chi connectivity index (χ4v) is 6.44. The standard InChI is InChI=1S/C26H32N2O5Si/c1-17-15-28(23(31)27-22(17)30)26(33-34)25(18-11-7-5-8-12-18,19-13-9-6-10-14-19)21(24(2,3)4)20(16-29)32-26/h5-15,20-21,29H,16H2,1-4,34H3,(H,27,30,31)/t20-,21+,26+/m1/s1. The van der Waals surface area contributed by atoms with Gasteiger partial charge in [0.1, 0.15) is 5.41 Å². The lowest BCUT2D eigenvalue weighted by atomic mass is 9.56. The van der Waals surface area contributed by atoms with Gasteiger partial charge in [0, 0.05) is 17.7 Å². The number of aliphatic hydroxyl groups excluding tert-OH is 1. The van der Waals surface area contributed by atoms with Crippen LogP contribution in [0.15, 0.2) is 76.4 Å². The summed E-state index contributed by atoms with van der Waals surface area (Å²) in [5, 5.41) is 10.6. The number of aromatic nitrogens is 2. The molecule has 3 atom stereocenters. The number of aromatic amines is 1. The van der Waals surface area contributed by atoms with Crippen molar-refractivity contribution in [3.63, 3.8) is 0 Å². The maximum Gasteiger partial charge on any atom is 0.332 e. The van der Waals surface area contributed by atoms with Crippen molar-refractivity contribution in [3.05, 3.63) is 104 Å². The van der Waals surface area contributed by atoms with Crippen LogP contribution >= 0.6 is 0 Å². The average molecular weight is 481 g/mol. The highest BCUT2D eigenvalue weighted by atomic mass is 28.2. The highest BCUT2D eigenvalue weighted by molar-refractivity contribution is 5.98. The van der Waals surface area contributed by atoms with Gasteiger partial charge >= 0.3 is 5.69 Å². The van der Waals surface area contributed by atoms with Crippen LogP contribution in [0.5, 0.6) is 0 Å². The van der Waals surface area contributed by atoms with Crippen molar-refractivity contribution in [1.82, 2.24) is 9.55 Å². The summed E-state index contributed by atoms with van der Waals surface area (Å²) in [4.78, 5) is 28.0. The third kappa shape index (κ3) is 3.44. The number of benzene rings is 2. The highest BCUT2D eigenvalue weighted by Gasteiger charge is 2.71. The van der Waals surface area contributed by atoms with Crippen molar-refractivity contribution in [3.8, 4) is 0 Å². The number of nitrogens with zero attached hydrogens (tertiary/aromatic N) is 1. The summed E-state index contributed by atoms with van der Waals surface area (Å²) in [6.07, 6.45) is 0.854. The molecule has 1 aliphatic rings. The third-order valence-corrected chi connectivity index (χ3v) is 7.49. The van der Waals surface area contributed by atoms with Gasteiger partial charge in [-0.1, -0.05) is 81.4 Å². The molecule has 0 bridgehead atoms. The molecule has 180 valence electrons. The van der Waals surface area contributed by atoms with E-state index in [4.69, 9.17) is 9.16 Å². The SMILES string of the molecule is Cc1cn([C@]2(O[SiH3])O[C@H](CO)[C@@H](C(C)(C)C)C2(c2ccccc2)c2ccccc2)c(=O)[nH]c1=O. The van der Waals surface area contributed by atoms with Gasteiger partial charge in [-0.3, -0.25) is 9.78 Å². The lowest BCUT2D eigenvalue weighted by molar-refractivity contribution is -0.260. The number of hydrogen-bond acceptors (Lipinski definition) is 5. The van der Waals surface area contributed by atoms with E-state index in [1.807, 2.05) is 60.7 Å². The Hall–Kier alpha value is -2.78. The maximum atomic E-state index is 13.3. The zero-order valence-electron chi connectivity index (χ0n) is 20.2. The van der Waals surface area contributed by atoms with Crippen molar-refractivity contribution in [2.45, 2.75) is 45.1 Å². The first-order valence-electron chi connectivity index (χ1n) is 11.4. The Morgan fingerprint density at radius 1 is 1.06 bits per heavy atom. The van der Waals surface area contributed by atoms with Crippen LogP contribution in [0, 0.1) is 18.3 Å². The monoisotopic (exact) mass is 480 g/mol. The average Bonchev–Trinajstić information content (AvgIpc) is 3.15. The molecular formula is C26H32N2O5Si. The first kappa shape index (κ1) is 24.3. The Bertz CT molecular complexity index is 1230. The van der Waals surface area contributed by atoms with Crippen LogP contribution in [-0.2, 0) is 20.5 Å². The largest absolute Gasteiger partial charge is 0.394 e. The molecular weight excluding hydrogens is 448 g/mol. The summed E-state index contributed by atoms with van der Waals surface area (Å²) in [6.45, 7) is 7.70. The van der Waals surface area contributed by atoms with Crippen molar-refractivity contribution in [2.24, 2.45) is 11.3 Å². The molecule has 1 aliphatic heterocycles. The number of aryl methyl sites for hydroxylation is 1. The third-order valence-electron chi connectivity index (χ3n) is 6.93. The molecule has 0 amide bonds. The minimum atomic E-state index is -1.64. The van der Waals surface area contributed by atoms with E-state index in [0.717, 1.165) is 11.1 Å². The van der Waals surface area contributed by atoms with Gasteiger partial charge in [-0.05, 0) is 23.5 Å². The second kappa shape index (κ2) is 8.78. The molecule has 1 fully saturated rings. The van der Waals surface area contributed by atoms with E-state index >= 15 is 0 Å². The number of nitrogens with one attached hydrogen (secondary N) is 1. The molecule has 1 saturated heterocycles. The quantitative estimate of drug-likeness (QED) is 0.543. The molecule has 0 aliphatic carbocycles. The van der Waals surface area contributed by atoms with E-state index in [2.05, 4.69) is 25.8 Å². The van der Waals surface area contributed by atoms with Crippen molar-refractivity contribution in [2.75, 3.05) is 6.61 Å². The second-order valence-electron chi connectivity index (χ2n) is 9.95. The molecule has 2 heterocycles. The van der Waals surface area contributed by atoms with Crippen molar-refractivity contribution >= 4 is 10.5 Å². The number of aliphatic hydroxyl groups is 1. The smallest absolute Gasteiger partial charge is 0.332 e. The van der Waals surface area contributed by atoms with Crippen molar-refractivity contribution < 1.29 is 14.3 Å². The summed E-state index contributed by atoms with van der Waals surface area (Å²) < 4.78 is 14.4. The predicted molar refractivity (Wildman–Crippen MR) is 134 cm³/mol. The molecule has 3 aromatic rings. The highest BCUT2D eigenvalue weighted by Crippen LogP contribution is 2.63. The molecule has 0 spiro atoms. The van der Waals surface area contributed by atoms with Crippen LogP contribution in [0.4, 0.5) is 0 Å². The van der Waals surface area contributed by atoms with Gasteiger partial charge in [0.05, 0.1) is 12.7 Å². The number of rotatable bonds is 5. The lowest BCUT2D eigenvalue weighted by Crippen LogP contribution is -2.60. The number of H-pyrrole nitrogens is 1. The molecule has 0 unspecified atom stereocenters. The topological polar surface area (TPSA) is 93.6 Å². The van der Waals surface area contributed by atoms with E-state index in [1.54, 1.807) is 6.92 Å². The minimum absolute atomic E-state index is 0.221. The van der Waals surface area contributed by atoms with Crippen LogP contribution in [-0.4, -0.2) is 37.9 Å². The van der Waals surface area contributed by atoms with Crippen LogP contribution in [0.2, 0.25) is 0 Å². The summed E-state index contributed by atoms with van der Waals surface area (Å²) in [6, 6.07) is 19.7. The predicted octanol–water partition coefficient (Wildman–Crippen LogP) is 1.79. The van der Waals surface area contributed by atoms with Crippen LogP contribution in [0.3, 0.4) is 0 Å². The molecule has 34 heavy (non-hydrogen) atoms. The van der Waals surface area contributed by atoms with Gasteiger partial charge in [-0.2, -0.15) is 0 Å². The molecule has 0 saturated carbocycles. The van der Waals surface area contributed by atoms with Gasteiger partial charge in [0.25, 0.3) is 11.5 Å². The first-order chi connectivity index (χ1) is 16.1. The summed E-state index contributed by atoms with van der Waals surface area (Å²) in [5.74, 6) is -1.94. The van der Waals surface area contributed by atoms with Gasteiger partial charge in [-0.15, -0.1) is 0 Å². The zero-order valence-corrected chi connectivity index (χ0v) is 22.2. The number of hydrogen-bond donors (Lipinski definition) is 2. The van der Waals surface area contributed by atoms with Gasteiger partial charge < -0.3 is 14.3 Å². The lowest BCUT2D eigenvalue weighted by Gasteiger charge is -2.50. The summed E-state index contributed by atoms with van der Waals surface area (Å²) in [5.41, 5.74) is -0.352. The Kier molecular flexibility index (Phi) is 6.28. The Labute approximate surface area is 201 Å². The minimum Gasteiger partial charge on any atom is -0.394 e. The Morgan fingerprint density at radius 3 is 2.03 bits per heavy atom. The van der Waals surface area contributed by atoms with E-state index in [0.29, 0.717) is 5.56 Å². The van der Waals surface area contributed by atoms with Gasteiger partial charge in [0.2, 0.25) is 0 Å². The molecule has 1 aromatic heterocycles. The van der Waals surface area contributed by atoms with E-state index in [-0.39, 0.29) is 28.4 Å². The molecule has 2 aromatic carbocycles. The maximum absolute atomic E-state index is 13.3. The molecule has 2 N–H and O–H groups in total. The molecule has 8 heteroatoms. The summed E-state index contributed by atoms with van der Waals surface area (Å²) >= 11 is 0.